The van der Waals surface area contributed by atoms with E-state index < -0.39 is 28.0 Å². The van der Waals surface area contributed by atoms with E-state index in [1.54, 1.807) is 13.8 Å². The summed E-state index contributed by atoms with van der Waals surface area (Å²) in [6.07, 6.45) is 1.69. The Kier molecular flexibility index (Phi) is 5.18. The van der Waals surface area contributed by atoms with E-state index in [0.717, 1.165) is 6.26 Å². The fraction of sp³-hybridized carbons (Fsp3) is 0.846. The Hall–Kier alpha value is -1.11. The van der Waals surface area contributed by atoms with E-state index in [1.165, 1.54) is 4.90 Å². The molecular weight excluding hydrogens is 280 g/mol. The van der Waals surface area contributed by atoms with Crippen molar-refractivity contribution in [3.8, 4) is 0 Å². The Morgan fingerprint density at radius 1 is 1.25 bits per heavy atom. The molecule has 1 N–H and O–H groups in total. The summed E-state index contributed by atoms with van der Waals surface area (Å²) < 4.78 is 22.8. The number of carbonyl (C=O) groups excluding carboxylic acids is 2. The average molecular weight is 304 g/mol. The third-order valence-electron chi connectivity index (χ3n) is 3.39. The van der Waals surface area contributed by atoms with Crippen LogP contribution in [0.3, 0.4) is 0 Å². The highest BCUT2D eigenvalue weighted by Crippen LogP contribution is 2.18. The first-order valence-corrected chi connectivity index (χ1v) is 8.89. The van der Waals surface area contributed by atoms with E-state index in [9.17, 15) is 18.0 Å². The Balaban J connectivity index is 2.95. The normalized spacial score (nSPS) is 25.8. The lowest BCUT2D eigenvalue weighted by Gasteiger charge is -2.41. The van der Waals surface area contributed by atoms with Gasteiger partial charge in [0.25, 0.3) is 0 Å². The summed E-state index contributed by atoms with van der Waals surface area (Å²) in [6.45, 7) is 7.24. The molecule has 1 rings (SSSR count). The van der Waals surface area contributed by atoms with Gasteiger partial charge in [0.2, 0.25) is 11.8 Å². The number of rotatable bonds is 5. The first kappa shape index (κ1) is 16.9. The molecule has 1 heterocycles. The Morgan fingerprint density at radius 2 is 1.80 bits per heavy atom. The lowest BCUT2D eigenvalue weighted by atomic mass is 9.98. The largest absolute Gasteiger partial charge is 0.343 e. The van der Waals surface area contributed by atoms with E-state index >= 15 is 0 Å². The molecule has 0 spiro atoms. The van der Waals surface area contributed by atoms with Crippen LogP contribution in [-0.4, -0.2) is 55.3 Å². The molecular formula is C13H24N2O4S. The van der Waals surface area contributed by atoms with Crippen molar-refractivity contribution in [1.29, 1.82) is 0 Å². The molecule has 1 aliphatic rings. The van der Waals surface area contributed by atoms with Crippen LogP contribution in [0.2, 0.25) is 0 Å². The minimum absolute atomic E-state index is 0.134. The number of sulfone groups is 1. The van der Waals surface area contributed by atoms with Crippen LogP contribution >= 0.6 is 0 Å². The summed E-state index contributed by atoms with van der Waals surface area (Å²) in [4.78, 5) is 25.8. The lowest BCUT2D eigenvalue weighted by molar-refractivity contribution is -0.151. The molecule has 1 fully saturated rings. The first-order chi connectivity index (χ1) is 9.03. The Morgan fingerprint density at radius 3 is 2.25 bits per heavy atom. The SMILES string of the molecule is CC(C)CC1NC(=O)C(C)N(C(C)CS(C)(=O)=O)C1=O. The van der Waals surface area contributed by atoms with Crippen LogP contribution < -0.4 is 5.32 Å². The van der Waals surface area contributed by atoms with Gasteiger partial charge in [0.1, 0.15) is 21.9 Å². The van der Waals surface area contributed by atoms with Crippen molar-refractivity contribution in [2.45, 2.75) is 52.2 Å². The van der Waals surface area contributed by atoms with Gasteiger partial charge in [-0.1, -0.05) is 13.8 Å². The maximum Gasteiger partial charge on any atom is 0.246 e. The standard InChI is InChI=1S/C13H24N2O4S/c1-8(2)6-11-13(17)15(10(4)12(16)14-11)9(3)7-20(5,18)19/h8-11H,6-7H2,1-5H3,(H,14,16). The molecule has 1 saturated heterocycles. The minimum atomic E-state index is -3.20. The minimum Gasteiger partial charge on any atom is -0.343 e. The maximum atomic E-state index is 12.5. The molecule has 3 atom stereocenters. The van der Waals surface area contributed by atoms with Crippen molar-refractivity contribution in [2.75, 3.05) is 12.0 Å². The summed E-state index contributed by atoms with van der Waals surface area (Å²) in [5, 5.41) is 2.72. The van der Waals surface area contributed by atoms with Gasteiger partial charge in [0, 0.05) is 12.3 Å². The van der Waals surface area contributed by atoms with E-state index in [1.807, 2.05) is 13.8 Å². The van der Waals surface area contributed by atoms with E-state index in [0.29, 0.717) is 6.42 Å². The van der Waals surface area contributed by atoms with E-state index in [4.69, 9.17) is 0 Å². The van der Waals surface area contributed by atoms with Crippen molar-refractivity contribution in [3.05, 3.63) is 0 Å². The summed E-state index contributed by atoms with van der Waals surface area (Å²) >= 11 is 0. The van der Waals surface area contributed by atoms with Gasteiger partial charge in [0.15, 0.2) is 0 Å². The topological polar surface area (TPSA) is 83.6 Å². The number of piperazine rings is 1. The highest BCUT2D eigenvalue weighted by Gasteiger charge is 2.40. The number of nitrogens with one attached hydrogen (secondary N) is 1. The monoisotopic (exact) mass is 304 g/mol. The van der Waals surface area contributed by atoms with Crippen molar-refractivity contribution < 1.29 is 18.0 Å². The molecule has 20 heavy (non-hydrogen) atoms. The lowest BCUT2D eigenvalue weighted by Crippen LogP contribution is -2.65. The molecule has 0 aliphatic carbocycles. The van der Waals surface area contributed by atoms with Crippen LogP contribution in [0, 0.1) is 5.92 Å². The number of hydrogen-bond donors (Lipinski definition) is 1. The highest BCUT2D eigenvalue weighted by molar-refractivity contribution is 7.90. The van der Waals surface area contributed by atoms with Crippen LogP contribution in [0.1, 0.15) is 34.1 Å². The zero-order chi connectivity index (χ0) is 15.7. The van der Waals surface area contributed by atoms with Crippen LogP contribution in [0.4, 0.5) is 0 Å². The summed E-state index contributed by atoms with van der Waals surface area (Å²) in [5.74, 6) is -0.285. The molecule has 0 aromatic rings. The predicted octanol–water partition coefficient (Wildman–Crippen LogP) is 0.181. The number of nitrogens with zero attached hydrogens (tertiary/aromatic N) is 1. The molecule has 7 heteroatoms. The zero-order valence-electron chi connectivity index (χ0n) is 12.7. The van der Waals surface area contributed by atoms with Gasteiger partial charge in [-0.2, -0.15) is 0 Å². The van der Waals surface area contributed by atoms with Crippen molar-refractivity contribution >= 4 is 21.7 Å². The van der Waals surface area contributed by atoms with Gasteiger partial charge in [-0.3, -0.25) is 9.59 Å². The van der Waals surface area contributed by atoms with E-state index in [-0.39, 0.29) is 23.5 Å². The van der Waals surface area contributed by atoms with Gasteiger partial charge >= 0.3 is 0 Å². The first-order valence-electron chi connectivity index (χ1n) is 6.83. The quantitative estimate of drug-likeness (QED) is 0.785. The van der Waals surface area contributed by atoms with Gasteiger partial charge in [-0.15, -0.1) is 0 Å². The molecule has 2 amide bonds. The average Bonchev–Trinajstić information content (AvgIpc) is 2.22. The van der Waals surface area contributed by atoms with Crippen molar-refractivity contribution in [2.24, 2.45) is 5.92 Å². The van der Waals surface area contributed by atoms with Gasteiger partial charge in [-0.05, 0) is 26.2 Å². The smallest absolute Gasteiger partial charge is 0.246 e. The molecule has 1 aliphatic heterocycles. The third kappa shape index (κ3) is 4.19. The molecule has 3 unspecified atom stereocenters. The Labute approximate surface area is 120 Å². The molecule has 0 aromatic heterocycles. The number of amides is 2. The van der Waals surface area contributed by atoms with Crippen molar-refractivity contribution in [1.82, 2.24) is 10.2 Å². The molecule has 0 bridgehead atoms. The summed E-state index contributed by atoms with van der Waals surface area (Å²) in [6, 6.07) is -1.70. The summed E-state index contributed by atoms with van der Waals surface area (Å²) in [5.41, 5.74) is 0. The second-order valence-electron chi connectivity index (χ2n) is 6.05. The fourth-order valence-corrected chi connectivity index (χ4v) is 3.64. The van der Waals surface area contributed by atoms with Gasteiger partial charge in [0.05, 0.1) is 5.75 Å². The number of hydrogen-bond acceptors (Lipinski definition) is 4. The van der Waals surface area contributed by atoms with Crippen molar-refractivity contribution in [3.63, 3.8) is 0 Å². The van der Waals surface area contributed by atoms with Gasteiger partial charge in [-0.25, -0.2) is 8.42 Å². The number of carbonyl (C=O) groups is 2. The van der Waals surface area contributed by atoms with Crippen LogP contribution in [0.5, 0.6) is 0 Å². The fourth-order valence-electron chi connectivity index (χ4n) is 2.60. The molecule has 0 radical (unpaired) electrons. The van der Waals surface area contributed by atoms with Crippen LogP contribution in [0.15, 0.2) is 0 Å². The Bertz CT molecular complexity index is 487. The summed E-state index contributed by atoms with van der Waals surface area (Å²) in [7, 11) is -3.20. The molecule has 0 aromatic carbocycles. The third-order valence-corrected chi connectivity index (χ3v) is 4.48. The second-order valence-corrected chi connectivity index (χ2v) is 8.24. The molecule has 116 valence electrons. The second kappa shape index (κ2) is 6.11. The molecule has 0 saturated carbocycles. The van der Waals surface area contributed by atoms with E-state index in [2.05, 4.69) is 5.32 Å². The highest BCUT2D eigenvalue weighted by atomic mass is 32.2. The van der Waals surface area contributed by atoms with Crippen LogP contribution in [-0.2, 0) is 19.4 Å². The predicted molar refractivity (Wildman–Crippen MR) is 76.9 cm³/mol. The van der Waals surface area contributed by atoms with Gasteiger partial charge < -0.3 is 10.2 Å². The maximum absolute atomic E-state index is 12.5. The van der Waals surface area contributed by atoms with Crippen LogP contribution in [0.25, 0.3) is 0 Å². The zero-order valence-corrected chi connectivity index (χ0v) is 13.5. The molecule has 6 nitrogen and oxygen atoms in total.